The number of furan rings is 1. The van der Waals surface area contributed by atoms with Gasteiger partial charge >= 0.3 is 6.18 Å². The van der Waals surface area contributed by atoms with Crippen molar-refractivity contribution in [2.75, 3.05) is 6.61 Å². The van der Waals surface area contributed by atoms with Crippen LogP contribution in [0.15, 0.2) is 21.2 Å². The maximum Gasteiger partial charge on any atom is 0.411 e. The molecule has 1 fully saturated rings. The van der Waals surface area contributed by atoms with Crippen molar-refractivity contribution in [3.8, 4) is 0 Å². The van der Waals surface area contributed by atoms with E-state index in [0.717, 1.165) is 18.6 Å². The maximum atomic E-state index is 12.2. The summed E-state index contributed by atoms with van der Waals surface area (Å²) in [7, 11) is 0. The van der Waals surface area contributed by atoms with Crippen molar-refractivity contribution >= 4 is 15.9 Å². The minimum absolute atomic E-state index is 0.0164. The molecule has 2 rings (SSSR count). The zero-order valence-electron chi connectivity index (χ0n) is 11.8. The second-order valence-corrected chi connectivity index (χ2v) is 6.22. The summed E-state index contributed by atoms with van der Waals surface area (Å²) in [4.78, 5) is 0. The minimum atomic E-state index is -4.26. The van der Waals surface area contributed by atoms with Gasteiger partial charge in [-0.2, -0.15) is 13.2 Å². The summed E-state index contributed by atoms with van der Waals surface area (Å²) in [6, 6.07) is 3.87. The molecule has 1 saturated carbocycles. The van der Waals surface area contributed by atoms with Gasteiger partial charge in [-0.15, -0.1) is 0 Å². The molecule has 0 bridgehead atoms. The molecule has 0 radical (unpaired) electrons. The molecule has 1 aliphatic carbocycles. The Morgan fingerprint density at radius 1 is 1.43 bits per heavy atom. The van der Waals surface area contributed by atoms with Crippen LogP contribution < -0.4 is 5.32 Å². The Labute approximate surface area is 130 Å². The summed E-state index contributed by atoms with van der Waals surface area (Å²) in [5.74, 6) is 0.806. The molecule has 0 aliphatic heterocycles. The van der Waals surface area contributed by atoms with Crippen LogP contribution in [0, 0.1) is 0 Å². The van der Waals surface area contributed by atoms with Crippen LogP contribution >= 0.6 is 15.9 Å². The van der Waals surface area contributed by atoms with Crippen LogP contribution in [0.3, 0.4) is 0 Å². The number of hydrogen-bond donors (Lipinski definition) is 1. The highest BCUT2D eigenvalue weighted by Gasteiger charge is 2.31. The van der Waals surface area contributed by atoms with Crippen LogP contribution in [0.1, 0.15) is 44.4 Å². The van der Waals surface area contributed by atoms with Crippen LogP contribution in [0.2, 0.25) is 0 Å². The van der Waals surface area contributed by atoms with E-state index in [2.05, 4.69) is 21.2 Å². The Morgan fingerprint density at radius 2 is 2.19 bits per heavy atom. The van der Waals surface area contributed by atoms with Gasteiger partial charge in [-0.25, -0.2) is 0 Å². The largest absolute Gasteiger partial charge is 0.453 e. The van der Waals surface area contributed by atoms with Crippen molar-refractivity contribution in [2.45, 2.75) is 57.0 Å². The van der Waals surface area contributed by atoms with Crippen LogP contribution in [-0.4, -0.2) is 24.9 Å². The van der Waals surface area contributed by atoms with E-state index in [-0.39, 0.29) is 18.2 Å². The molecule has 120 valence electrons. The first-order valence-corrected chi connectivity index (χ1v) is 7.82. The summed E-state index contributed by atoms with van der Waals surface area (Å²) in [5, 5.41) is 3.40. The molecule has 0 amide bonds. The van der Waals surface area contributed by atoms with Crippen LogP contribution in [0.4, 0.5) is 13.2 Å². The molecule has 3 nitrogen and oxygen atoms in total. The third-order valence-corrected chi connectivity index (χ3v) is 4.04. The maximum absolute atomic E-state index is 12.2. The monoisotopic (exact) mass is 369 g/mol. The molecule has 7 heteroatoms. The lowest BCUT2D eigenvalue weighted by molar-refractivity contribution is -0.188. The van der Waals surface area contributed by atoms with Gasteiger partial charge in [-0.05, 0) is 60.7 Å². The molecule has 21 heavy (non-hydrogen) atoms. The first kappa shape index (κ1) is 16.8. The van der Waals surface area contributed by atoms with Gasteiger partial charge in [0.1, 0.15) is 12.4 Å². The summed E-state index contributed by atoms with van der Waals surface area (Å²) < 4.78 is 47.7. The number of ether oxygens (including phenoxy) is 1. The summed E-state index contributed by atoms with van der Waals surface area (Å²) >= 11 is 3.25. The second kappa shape index (κ2) is 7.15. The molecule has 1 heterocycles. The van der Waals surface area contributed by atoms with Crippen LogP contribution in [0.5, 0.6) is 0 Å². The lowest BCUT2D eigenvalue weighted by Gasteiger charge is -2.31. The van der Waals surface area contributed by atoms with Crippen molar-refractivity contribution in [3.05, 3.63) is 22.6 Å². The van der Waals surface area contributed by atoms with Crippen molar-refractivity contribution in [1.82, 2.24) is 5.32 Å². The summed E-state index contributed by atoms with van der Waals surface area (Å²) in [6.07, 6.45) is -1.48. The number of rotatable bonds is 5. The fourth-order valence-electron chi connectivity index (χ4n) is 2.66. The topological polar surface area (TPSA) is 34.4 Å². The molecule has 3 unspecified atom stereocenters. The molecule has 0 spiro atoms. The lowest BCUT2D eigenvalue weighted by atomic mass is 9.92. The van der Waals surface area contributed by atoms with Crippen molar-refractivity contribution in [1.29, 1.82) is 0 Å². The molecule has 1 aliphatic rings. The van der Waals surface area contributed by atoms with E-state index in [9.17, 15) is 13.2 Å². The predicted octanol–water partition coefficient (Wildman–Crippen LogP) is 4.58. The zero-order chi connectivity index (χ0) is 15.5. The van der Waals surface area contributed by atoms with Gasteiger partial charge in [0, 0.05) is 6.04 Å². The third-order valence-electron chi connectivity index (χ3n) is 3.62. The van der Waals surface area contributed by atoms with E-state index in [1.54, 1.807) is 0 Å². The normalized spacial score (nSPS) is 25.0. The summed E-state index contributed by atoms with van der Waals surface area (Å²) in [6.45, 7) is 0.816. The Balaban J connectivity index is 1.81. The Bertz CT molecular complexity index is 450. The van der Waals surface area contributed by atoms with E-state index < -0.39 is 12.8 Å². The molecular formula is C14H19BrF3NO2. The highest BCUT2D eigenvalue weighted by atomic mass is 79.9. The lowest BCUT2D eigenvalue weighted by Crippen LogP contribution is -2.39. The van der Waals surface area contributed by atoms with Crippen LogP contribution in [0.25, 0.3) is 0 Å². The average Bonchev–Trinajstić information content (AvgIpc) is 2.83. The quantitative estimate of drug-likeness (QED) is 0.824. The van der Waals surface area contributed by atoms with E-state index in [4.69, 9.17) is 9.15 Å². The van der Waals surface area contributed by atoms with Gasteiger partial charge in [-0.1, -0.05) is 0 Å². The van der Waals surface area contributed by atoms with E-state index >= 15 is 0 Å². The molecule has 1 aromatic rings. The smallest absolute Gasteiger partial charge is 0.411 e. The van der Waals surface area contributed by atoms with E-state index in [1.165, 1.54) is 0 Å². The number of nitrogens with one attached hydrogen (secondary N) is 1. The van der Waals surface area contributed by atoms with E-state index in [0.29, 0.717) is 17.5 Å². The molecular weight excluding hydrogens is 351 g/mol. The molecule has 1 N–H and O–H groups in total. The first-order valence-electron chi connectivity index (χ1n) is 7.03. The zero-order valence-corrected chi connectivity index (χ0v) is 13.3. The van der Waals surface area contributed by atoms with Gasteiger partial charge in [0.15, 0.2) is 4.67 Å². The Hall–Kier alpha value is -0.530. The molecule has 1 aromatic heterocycles. The standard InChI is InChI=1S/C14H19BrF3NO2/c1-9(12-5-6-13(15)21-12)19-10-3-2-4-11(7-10)20-8-14(16,17)18/h5-6,9-11,19H,2-4,7-8H2,1H3. The first-order chi connectivity index (χ1) is 9.83. The SMILES string of the molecule is CC(NC1CCCC(OCC(F)(F)F)C1)c1ccc(Br)o1. The number of hydrogen-bond acceptors (Lipinski definition) is 3. The van der Waals surface area contributed by atoms with Crippen LogP contribution in [-0.2, 0) is 4.74 Å². The second-order valence-electron chi connectivity index (χ2n) is 5.44. The van der Waals surface area contributed by atoms with Crippen molar-refractivity contribution in [3.63, 3.8) is 0 Å². The van der Waals surface area contributed by atoms with Gasteiger partial charge < -0.3 is 14.5 Å². The molecule has 3 atom stereocenters. The minimum Gasteiger partial charge on any atom is -0.453 e. The van der Waals surface area contributed by atoms with Crippen molar-refractivity contribution in [2.24, 2.45) is 0 Å². The fourth-order valence-corrected chi connectivity index (χ4v) is 2.98. The van der Waals surface area contributed by atoms with Gasteiger partial charge in [0.2, 0.25) is 0 Å². The molecule has 0 saturated heterocycles. The fraction of sp³-hybridized carbons (Fsp3) is 0.714. The van der Waals surface area contributed by atoms with Gasteiger partial charge in [0.05, 0.1) is 12.1 Å². The highest BCUT2D eigenvalue weighted by Crippen LogP contribution is 2.27. The number of alkyl halides is 3. The number of halogens is 4. The van der Waals surface area contributed by atoms with E-state index in [1.807, 2.05) is 19.1 Å². The Kier molecular flexibility index (Phi) is 5.73. The highest BCUT2D eigenvalue weighted by molar-refractivity contribution is 9.10. The Morgan fingerprint density at radius 3 is 2.81 bits per heavy atom. The molecule has 0 aromatic carbocycles. The third kappa shape index (κ3) is 5.64. The summed E-state index contributed by atoms with van der Waals surface area (Å²) in [5.41, 5.74) is 0. The predicted molar refractivity (Wildman–Crippen MR) is 76.0 cm³/mol. The van der Waals surface area contributed by atoms with Gasteiger partial charge in [0.25, 0.3) is 0 Å². The van der Waals surface area contributed by atoms with Crippen molar-refractivity contribution < 1.29 is 22.3 Å². The average molecular weight is 370 g/mol. The van der Waals surface area contributed by atoms with Gasteiger partial charge in [-0.3, -0.25) is 0 Å².